The fourth-order valence-electron chi connectivity index (χ4n) is 5.04. The monoisotopic (exact) mass is 470 g/mol. The first-order valence-electron chi connectivity index (χ1n) is 11.6. The van der Waals surface area contributed by atoms with Crippen molar-refractivity contribution < 1.29 is 18.8 Å². The van der Waals surface area contributed by atoms with Gasteiger partial charge in [0.25, 0.3) is 5.89 Å². The Balaban J connectivity index is 1.22. The number of rotatable bonds is 5. The normalized spacial score (nSPS) is 19.4. The van der Waals surface area contributed by atoms with Crippen molar-refractivity contribution in [2.75, 3.05) is 0 Å². The number of halogens is 1. The molecule has 0 unspecified atom stereocenters. The van der Waals surface area contributed by atoms with Crippen molar-refractivity contribution in [3.05, 3.63) is 77.4 Å². The van der Waals surface area contributed by atoms with Crippen molar-refractivity contribution in [3.8, 4) is 34.0 Å². The summed E-state index contributed by atoms with van der Waals surface area (Å²) in [5.74, 6) is -0.807. The molecule has 0 bridgehead atoms. The number of carboxylic acids is 1. The largest absolute Gasteiger partial charge is 0.481 e. The number of pyridine rings is 1. The molecule has 0 amide bonds. The minimum Gasteiger partial charge on any atom is -0.481 e. The van der Waals surface area contributed by atoms with Gasteiger partial charge in [-0.3, -0.25) is 14.7 Å². The molecule has 0 saturated heterocycles. The zero-order valence-electron chi connectivity index (χ0n) is 19.1. The van der Waals surface area contributed by atoms with Gasteiger partial charge in [-0.15, -0.1) is 0 Å². The van der Waals surface area contributed by atoms with Crippen molar-refractivity contribution in [2.24, 2.45) is 5.92 Å². The molecule has 1 fully saturated rings. The van der Waals surface area contributed by atoms with E-state index in [1.165, 1.54) is 17.2 Å². The van der Waals surface area contributed by atoms with Gasteiger partial charge in [-0.2, -0.15) is 4.98 Å². The van der Waals surface area contributed by atoms with E-state index >= 15 is 4.39 Å². The van der Waals surface area contributed by atoms with E-state index in [0.29, 0.717) is 24.7 Å². The van der Waals surface area contributed by atoms with Crippen LogP contribution in [0.5, 0.6) is 0 Å². The highest BCUT2D eigenvalue weighted by Gasteiger charge is 2.39. The summed E-state index contributed by atoms with van der Waals surface area (Å²) in [7, 11) is 0. The number of aromatic nitrogens is 3. The highest BCUT2D eigenvalue weighted by molar-refractivity contribution is 5.72. The zero-order chi connectivity index (χ0) is 24.1. The lowest BCUT2D eigenvalue weighted by Crippen LogP contribution is -2.44. The third-order valence-corrected chi connectivity index (χ3v) is 7.15. The van der Waals surface area contributed by atoms with E-state index < -0.39 is 11.8 Å². The number of aryl methyl sites for hydroxylation is 1. The Hall–Kier alpha value is -3.91. The summed E-state index contributed by atoms with van der Waals surface area (Å²) in [6.45, 7) is 3.51. The summed E-state index contributed by atoms with van der Waals surface area (Å²) in [5, 5.41) is 13.3. The summed E-state index contributed by atoms with van der Waals surface area (Å²) in [6.07, 6.45) is 4.77. The lowest BCUT2D eigenvalue weighted by atomic mass is 9.79. The second-order valence-corrected chi connectivity index (χ2v) is 9.35. The first-order chi connectivity index (χ1) is 17.0. The minimum absolute atomic E-state index is 0.137. The predicted octanol–water partition coefficient (Wildman–Crippen LogP) is 5.09. The molecule has 2 aliphatic rings. The van der Waals surface area contributed by atoms with E-state index in [-0.39, 0.29) is 17.4 Å². The van der Waals surface area contributed by atoms with E-state index in [0.717, 1.165) is 35.3 Å². The quantitative estimate of drug-likeness (QED) is 0.434. The van der Waals surface area contributed by atoms with Gasteiger partial charge >= 0.3 is 5.97 Å². The average Bonchev–Trinajstić information content (AvgIpc) is 3.46. The number of carboxylic acid groups (broad SMARTS) is 1. The van der Waals surface area contributed by atoms with Gasteiger partial charge in [0.05, 0.1) is 11.5 Å². The number of fused-ring (bicyclic) bond motifs is 1. The van der Waals surface area contributed by atoms with Gasteiger partial charge in [-0.1, -0.05) is 17.3 Å². The van der Waals surface area contributed by atoms with E-state index in [1.54, 1.807) is 18.5 Å². The molecule has 1 aliphatic heterocycles. The molecule has 3 heterocycles. The first kappa shape index (κ1) is 21.6. The Kier molecular flexibility index (Phi) is 5.18. The molecule has 2 aromatic heterocycles. The number of benzene rings is 2. The van der Waals surface area contributed by atoms with Crippen LogP contribution in [-0.4, -0.2) is 37.1 Å². The summed E-state index contributed by atoms with van der Waals surface area (Å²) in [4.78, 5) is 22.0. The van der Waals surface area contributed by atoms with Crippen molar-refractivity contribution >= 4 is 5.97 Å². The van der Waals surface area contributed by atoms with Gasteiger partial charge in [-0.05, 0) is 77.9 Å². The van der Waals surface area contributed by atoms with E-state index in [1.807, 2.05) is 31.2 Å². The Morgan fingerprint density at radius 2 is 1.80 bits per heavy atom. The van der Waals surface area contributed by atoms with Crippen LogP contribution in [0.25, 0.3) is 34.0 Å². The number of aliphatic carboxylic acids is 1. The summed E-state index contributed by atoms with van der Waals surface area (Å²) in [5.41, 5.74) is 6.05. The first-order valence-corrected chi connectivity index (χ1v) is 11.6. The lowest BCUT2D eigenvalue weighted by Gasteiger charge is -2.39. The maximum absolute atomic E-state index is 15.0. The van der Waals surface area contributed by atoms with Crippen molar-refractivity contribution in [1.29, 1.82) is 0 Å². The minimum atomic E-state index is -0.702. The maximum atomic E-state index is 15.0. The fourth-order valence-corrected chi connectivity index (χ4v) is 5.04. The second-order valence-electron chi connectivity index (χ2n) is 9.35. The van der Waals surface area contributed by atoms with Crippen LogP contribution < -0.4 is 0 Å². The predicted molar refractivity (Wildman–Crippen MR) is 126 cm³/mol. The van der Waals surface area contributed by atoms with Crippen LogP contribution in [0.2, 0.25) is 0 Å². The van der Waals surface area contributed by atoms with Crippen LogP contribution in [0.15, 0.2) is 59.4 Å². The third-order valence-electron chi connectivity index (χ3n) is 7.15. The molecule has 7 nitrogen and oxygen atoms in total. The van der Waals surface area contributed by atoms with Gasteiger partial charge in [0.15, 0.2) is 0 Å². The van der Waals surface area contributed by atoms with E-state index in [9.17, 15) is 4.79 Å². The number of hydrogen-bond acceptors (Lipinski definition) is 6. The lowest BCUT2D eigenvalue weighted by molar-refractivity contribution is -0.147. The van der Waals surface area contributed by atoms with Crippen LogP contribution in [0.3, 0.4) is 0 Å². The fraction of sp³-hybridized carbons (Fsp3) is 0.259. The van der Waals surface area contributed by atoms with Crippen molar-refractivity contribution in [2.45, 2.75) is 38.9 Å². The third kappa shape index (κ3) is 3.89. The SMILES string of the molecule is Cc1cc(-c2nc(-c3ccc4c(c3)CN([C@H]3C[C@H](C(=O)O)C3)C4)no2)c(F)cc1-c1ccncc1. The molecule has 0 atom stereocenters. The van der Waals surface area contributed by atoms with Crippen LogP contribution in [0.4, 0.5) is 4.39 Å². The Bertz CT molecular complexity index is 1430. The van der Waals surface area contributed by atoms with E-state index in [2.05, 4.69) is 26.1 Å². The van der Waals surface area contributed by atoms with Crippen molar-refractivity contribution in [3.63, 3.8) is 0 Å². The van der Waals surface area contributed by atoms with Gasteiger partial charge < -0.3 is 9.63 Å². The van der Waals surface area contributed by atoms with E-state index in [4.69, 9.17) is 9.63 Å². The second kappa shape index (κ2) is 8.39. The van der Waals surface area contributed by atoms with Crippen LogP contribution in [-0.2, 0) is 17.9 Å². The van der Waals surface area contributed by atoms with Gasteiger partial charge in [-0.25, -0.2) is 4.39 Å². The highest BCUT2D eigenvalue weighted by atomic mass is 19.1. The molecule has 35 heavy (non-hydrogen) atoms. The molecule has 1 saturated carbocycles. The standard InChI is InChI=1S/C27H23FN4O3/c1-15-8-23(24(28)12-22(15)16-4-6-29-7-5-16)26-30-25(31-35-26)17-2-3-18-13-32(14-20(18)9-17)21-10-19(11-21)27(33)34/h2-9,12,19,21H,10-11,13-14H2,1H3,(H,33,34)/t19-,21-. The molecule has 0 radical (unpaired) electrons. The van der Waals surface area contributed by atoms with Gasteiger partial charge in [0.2, 0.25) is 5.82 Å². The number of nitrogens with zero attached hydrogens (tertiary/aromatic N) is 4. The molecule has 8 heteroatoms. The van der Waals surface area contributed by atoms with Crippen LogP contribution in [0.1, 0.15) is 29.5 Å². The maximum Gasteiger partial charge on any atom is 0.306 e. The highest BCUT2D eigenvalue weighted by Crippen LogP contribution is 2.38. The summed E-state index contributed by atoms with van der Waals surface area (Å²) >= 11 is 0. The molecule has 6 rings (SSSR count). The molecular formula is C27H23FN4O3. The molecule has 0 spiro atoms. The summed E-state index contributed by atoms with van der Waals surface area (Å²) in [6, 6.07) is 13.3. The van der Waals surface area contributed by atoms with Gasteiger partial charge in [0, 0.05) is 37.1 Å². The molecule has 1 aliphatic carbocycles. The summed E-state index contributed by atoms with van der Waals surface area (Å²) < 4.78 is 20.5. The molecule has 2 aromatic carbocycles. The average molecular weight is 471 g/mol. The molecule has 176 valence electrons. The zero-order valence-corrected chi connectivity index (χ0v) is 19.1. The molecule has 4 aromatic rings. The topological polar surface area (TPSA) is 92.4 Å². The number of hydrogen-bond donors (Lipinski definition) is 1. The Labute approximate surface area is 201 Å². The van der Waals surface area contributed by atoms with Gasteiger partial charge in [0.1, 0.15) is 5.82 Å². The van der Waals surface area contributed by atoms with Crippen molar-refractivity contribution in [1.82, 2.24) is 20.0 Å². The number of carbonyl (C=O) groups is 1. The Morgan fingerprint density at radius 1 is 1.03 bits per heavy atom. The Morgan fingerprint density at radius 3 is 2.57 bits per heavy atom. The van der Waals surface area contributed by atoms with Crippen LogP contribution >= 0.6 is 0 Å². The van der Waals surface area contributed by atoms with Crippen LogP contribution in [0, 0.1) is 18.7 Å². The molecule has 1 N–H and O–H groups in total. The smallest absolute Gasteiger partial charge is 0.306 e. The molecular weight excluding hydrogens is 447 g/mol.